The normalized spacial score (nSPS) is 20.3. The minimum absolute atomic E-state index is 0.200. The van der Waals surface area contributed by atoms with E-state index in [9.17, 15) is 4.79 Å². The summed E-state index contributed by atoms with van der Waals surface area (Å²) in [5.41, 5.74) is 0.923. The molecule has 0 radical (unpaired) electrons. The molecule has 1 rings (SSSR count). The molecule has 1 saturated heterocycles. The topological polar surface area (TPSA) is 29.5 Å². The lowest BCUT2D eigenvalue weighted by Gasteiger charge is -2.23. The monoisotopic (exact) mass is 197 g/mol. The van der Waals surface area contributed by atoms with Crippen LogP contribution in [0.2, 0.25) is 0 Å². The predicted molar refractivity (Wildman–Crippen MR) is 56.2 cm³/mol. The van der Waals surface area contributed by atoms with Gasteiger partial charge in [-0.2, -0.15) is 0 Å². The molecule has 1 heterocycles. The van der Waals surface area contributed by atoms with Crippen molar-refractivity contribution in [2.24, 2.45) is 0 Å². The molecule has 0 unspecified atom stereocenters. The number of allylic oxidation sites excluding steroid dienone is 1. The summed E-state index contributed by atoms with van der Waals surface area (Å²) in [6.45, 7) is 9.18. The molecule has 0 saturated carbocycles. The Bertz CT molecular complexity index is 251. The highest BCUT2D eigenvalue weighted by Crippen LogP contribution is 2.18. The van der Waals surface area contributed by atoms with Crippen molar-refractivity contribution in [2.75, 3.05) is 13.1 Å². The fourth-order valence-corrected chi connectivity index (χ4v) is 1.40. The Hall–Kier alpha value is -0.990. The molecule has 1 aliphatic heterocycles. The number of amides is 1. The van der Waals surface area contributed by atoms with Gasteiger partial charge in [0.15, 0.2) is 0 Å². The van der Waals surface area contributed by atoms with Crippen molar-refractivity contribution in [2.45, 2.75) is 39.7 Å². The fraction of sp³-hybridized carbons (Fsp3) is 0.727. The second kappa shape index (κ2) is 4.03. The van der Waals surface area contributed by atoms with E-state index >= 15 is 0 Å². The summed E-state index contributed by atoms with van der Waals surface area (Å²) < 4.78 is 5.27. The largest absolute Gasteiger partial charge is 0.444 e. The van der Waals surface area contributed by atoms with Crippen LogP contribution in [0.1, 0.15) is 34.1 Å². The number of nitrogens with zero attached hydrogens (tertiary/aromatic N) is 1. The van der Waals surface area contributed by atoms with Crippen LogP contribution in [0.5, 0.6) is 0 Å². The van der Waals surface area contributed by atoms with Gasteiger partial charge in [-0.15, -0.1) is 0 Å². The molecule has 1 fully saturated rings. The summed E-state index contributed by atoms with van der Waals surface area (Å²) in [5, 5.41) is 0. The van der Waals surface area contributed by atoms with E-state index in [0.717, 1.165) is 19.5 Å². The van der Waals surface area contributed by atoms with Crippen molar-refractivity contribution in [1.29, 1.82) is 0 Å². The molecule has 0 aromatic carbocycles. The van der Waals surface area contributed by atoms with Gasteiger partial charge >= 0.3 is 6.09 Å². The van der Waals surface area contributed by atoms with Gasteiger partial charge in [0.25, 0.3) is 0 Å². The van der Waals surface area contributed by atoms with Gasteiger partial charge < -0.3 is 9.64 Å². The van der Waals surface area contributed by atoms with Crippen LogP contribution in [-0.2, 0) is 4.74 Å². The zero-order chi connectivity index (χ0) is 10.8. The molecule has 0 atom stereocenters. The average molecular weight is 197 g/mol. The van der Waals surface area contributed by atoms with E-state index in [0.29, 0.717) is 0 Å². The maximum Gasteiger partial charge on any atom is 0.410 e. The zero-order valence-corrected chi connectivity index (χ0v) is 9.46. The Labute approximate surface area is 85.7 Å². The number of carbonyl (C=O) groups excluding carboxylic acids is 1. The maximum absolute atomic E-state index is 11.6. The summed E-state index contributed by atoms with van der Waals surface area (Å²) in [5.74, 6) is 0. The molecule has 14 heavy (non-hydrogen) atoms. The van der Waals surface area contributed by atoms with Gasteiger partial charge in [-0.3, -0.25) is 0 Å². The smallest absolute Gasteiger partial charge is 0.410 e. The van der Waals surface area contributed by atoms with E-state index in [4.69, 9.17) is 4.74 Å². The van der Waals surface area contributed by atoms with Gasteiger partial charge in [-0.05, 0) is 34.1 Å². The SMILES string of the molecule is CC=C1CCN(C(=O)OC(C)(C)C)C1. The molecule has 1 amide bonds. The van der Waals surface area contributed by atoms with Crippen LogP contribution in [0.15, 0.2) is 11.6 Å². The number of hydrogen-bond donors (Lipinski definition) is 0. The lowest BCUT2D eigenvalue weighted by molar-refractivity contribution is 0.0299. The van der Waals surface area contributed by atoms with Crippen LogP contribution in [0.4, 0.5) is 4.79 Å². The first kappa shape index (κ1) is 11.1. The van der Waals surface area contributed by atoms with Gasteiger partial charge in [0.05, 0.1) is 0 Å². The number of likely N-dealkylation sites (tertiary alicyclic amines) is 1. The molecule has 3 nitrogen and oxygen atoms in total. The standard InChI is InChI=1S/C11H19NO2/c1-5-9-6-7-12(8-9)10(13)14-11(2,3)4/h5H,6-8H2,1-4H3. The van der Waals surface area contributed by atoms with Crippen LogP contribution < -0.4 is 0 Å². The van der Waals surface area contributed by atoms with Gasteiger partial charge in [-0.25, -0.2) is 4.79 Å². The molecular formula is C11H19NO2. The Morgan fingerprint density at radius 3 is 2.57 bits per heavy atom. The van der Waals surface area contributed by atoms with Crippen LogP contribution in [0.3, 0.4) is 0 Å². The highest BCUT2D eigenvalue weighted by atomic mass is 16.6. The lowest BCUT2D eigenvalue weighted by atomic mass is 10.2. The minimum atomic E-state index is -0.393. The van der Waals surface area contributed by atoms with E-state index in [1.807, 2.05) is 27.7 Å². The van der Waals surface area contributed by atoms with Crippen molar-refractivity contribution >= 4 is 6.09 Å². The molecule has 0 N–H and O–H groups in total. The highest BCUT2D eigenvalue weighted by Gasteiger charge is 2.25. The Balaban J connectivity index is 2.48. The fourth-order valence-electron chi connectivity index (χ4n) is 1.40. The molecule has 0 bridgehead atoms. The van der Waals surface area contributed by atoms with Crippen LogP contribution in [0.25, 0.3) is 0 Å². The first-order valence-corrected chi connectivity index (χ1v) is 5.04. The van der Waals surface area contributed by atoms with Crippen molar-refractivity contribution in [3.63, 3.8) is 0 Å². The minimum Gasteiger partial charge on any atom is -0.444 e. The van der Waals surface area contributed by atoms with E-state index in [1.165, 1.54) is 5.57 Å². The van der Waals surface area contributed by atoms with Crippen molar-refractivity contribution in [1.82, 2.24) is 4.90 Å². The second-order valence-electron chi connectivity index (χ2n) is 4.60. The van der Waals surface area contributed by atoms with Crippen molar-refractivity contribution < 1.29 is 9.53 Å². The Morgan fingerprint density at radius 2 is 2.14 bits per heavy atom. The third-order valence-corrected chi connectivity index (χ3v) is 2.16. The Morgan fingerprint density at radius 1 is 1.50 bits per heavy atom. The van der Waals surface area contributed by atoms with Gasteiger partial charge in [0.2, 0.25) is 0 Å². The summed E-state index contributed by atoms with van der Waals surface area (Å²) in [6, 6.07) is 0. The van der Waals surface area contributed by atoms with E-state index in [1.54, 1.807) is 4.90 Å². The van der Waals surface area contributed by atoms with Gasteiger partial charge in [-0.1, -0.05) is 11.6 Å². The maximum atomic E-state index is 11.6. The molecule has 1 aliphatic rings. The predicted octanol–water partition coefficient (Wildman–Crippen LogP) is 2.57. The van der Waals surface area contributed by atoms with Crippen molar-refractivity contribution in [3.8, 4) is 0 Å². The lowest BCUT2D eigenvalue weighted by Crippen LogP contribution is -2.34. The highest BCUT2D eigenvalue weighted by molar-refractivity contribution is 5.69. The van der Waals surface area contributed by atoms with Crippen LogP contribution in [-0.4, -0.2) is 29.7 Å². The van der Waals surface area contributed by atoms with Gasteiger partial charge in [0.1, 0.15) is 5.60 Å². The number of ether oxygens (including phenoxy) is 1. The van der Waals surface area contributed by atoms with E-state index in [-0.39, 0.29) is 6.09 Å². The quantitative estimate of drug-likeness (QED) is 0.558. The molecule has 80 valence electrons. The molecular weight excluding hydrogens is 178 g/mol. The van der Waals surface area contributed by atoms with Crippen LogP contribution in [0, 0.1) is 0 Å². The van der Waals surface area contributed by atoms with Crippen molar-refractivity contribution in [3.05, 3.63) is 11.6 Å². The summed E-state index contributed by atoms with van der Waals surface area (Å²) in [4.78, 5) is 13.3. The summed E-state index contributed by atoms with van der Waals surface area (Å²) in [6.07, 6.45) is 2.86. The first-order valence-electron chi connectivity index (χ1n) is 5.04. The molecule has 0 aliphatic carbocycles. The van der Waals surface area contributed by atoms with E-state index < -0.39 is 5.60 Å². The second-order valence-corrected chi connectivity index (χ2v) is 4.60. The molecule has 0 aromatic heterocycles. The Kier molecular flexibility index (Phi) is 3.19. The zero-order valence-electron chi connectivity index (χ0n) is 9.46. The van der Waals surface area contributed by atoms with Crippen LogP contribution >= 0.6 is 0 Å². The summed E-state index contributed by atoms with van der Waals surface area (Å²) >= 11 is 0. The molecule has 3 heteroatoms. The third kappa shape index (κ3) is 3.05. The first-order chi connectivity index (χ1) is 6.42. The van der Waals surface area contributed by atoms with E-state index in [2.05, 4.69) is 6.08 Å². The number of hydrogen-bond acceptors (Lipinski definition) is 2. The number of rotatable bonds is 0. The molecule has 0 aromatic rings. The number of carbonyl (C=O) groups is 1. The molecule has 0 spiro atoms. The summed E-state index contributed by atoms with van der Waals surface area (Å²) in [7, 11) is 0. The third-order valence-electron chi connectivity index (χ3n) is 2.16. The average Bonchev–Trinajstić information content (AvgIpc) is 2.48. The van der Waals surface area contributed by atoms with Gasteiger partial charge in [0, 0.05) is 13.1 Å².